The van der Waals surface area contributed by atoms with Crippen LogP contribution in [0.5, 0.6) is 0 Å². The zero-order valence-electron chi connectivity index (χ0n) is 12.4. The van der Waals surface area contributed by atoms with E-state index in [1.54, 1.807) is 0 Å². The van der Waals surface area contributed by atoms with Gasteiger partial charge in [0.15, 0.2) is 6.33 Å². The minimum absolute atomic E-state index is 0.598. The summed E-state index contributed by atoms with van der Waals surface area (Å²) in [7, 11) is -2.67. The highest BCUT2D eigenvalue weighted by Gasteiger charge is 2.42. The predicted molar refractivity (Wildman–Crippen MR) is 78.1 cm³/mol. The Morgan fingerprint density at radius 1 is 0.952 bits per heavy atom. The Morgan fingerprint density at radius 3 is 1.62 bits per heavy atom. The van der Waals surface area contributed by atoms with Gasteiger partial charge in [-0.1, -0.05) is 30.3 Å². The van der Waals surface area contributed by atoms with Crippen LogP contribution in [-0.4, -0.2) is 28.6 Å². The van der Waals surface area contributed by atoms with Crippen LogP contribution in [-0.2, 0) is 13.3 Å². The molecule has 0 bridgehead atoms. The van der Waals surface area contributed by atoms with E-state index in [4.69, 9.17) is 13.3 Å². The van der Waals surface area contributed by atoms with E-state index in [0.717, 1.165) is 5.19 Å². The summed E-state index contributed by atoms with van der Waals surface area (Å²) in [5.74, 6) is 0. The molecule has 3 nitrogen and oxygen atoms in total. The van der Waals surface area contributed by atoms with E-state index < -0.39 is 21.2 Å². The maximum atomic E-state index is 10.2. The molecule has 1 aromatic carbocycles. The number of hydrogen-bond donors (Lipinski definition) is 0. The lowest BCUT2D eigenvalue weighted by atomic mass is 10.4. The average molecular weight is 322 g/mol. The van der Waals surface area contributed by atoms with E-state index in [9.17, 15) is 13.2 Å². The molecule has 1 aromatic rings. The molecule has 1 rings (SSSR count). The van der Waals surface area contributed by atoms with Gasteiger partial charge in [0.25, 0.3) is 6.08 Å². The Labute approximate surface area is 124 Å². The van der Waals surface area contributed by atoms with Gasteiger partial charge in [0.2, 0.25) is 0 Å². The standard InChI is InChI=1S/C12H20O3Si.C2HF3/c1-4-13-16(14-5-2,15-6-3)12-10-8-7-9-11-12;3-1-2(4)5/h7-11H,4-6H2,1-3H3;1H. The lowest BCUT2D eigenvalue weighted by molar-refractivity contribution is 0.0859. The first-order valence-electron chi connectivity index (χ1n) is 6.65. The first kappa shape index (κ1) is 19.8. The monoisotopic (exact) mass is 322 g/mol. The van der Waals surface area contributed by atoms with Gasteiger partial charge in [-0.15, -0.1) is 0 Å². The molecule has 0 saturated heterocycles. The quantitative estimate of drug-likeness (QED) is 0.717. The maximum absolute atomic E-state index is 10.2. The van der Waals surface area contributed by atoms with Gasteiger partial charge in [0.1, 0.15) is 0 Å². The van der Waals surface area contributed by atoms with Gasteiger partial charge in [-0.3, -0.25) is 0 Å². The third kappa shape index (κ3) is 7.42. The summed E-state index contributed by atoms with van der Waals surface area (Å²) in [5.41, 5.74) is 0. The molecule has 0 N–H and O–H groups in total. The lowest BCUT2D eigenvalue weighted by Gasteiger charge is -2.28. The van der Waals surface area contributed by atoms with Crippen LogP contribution < -0.4 is 5.19 Å². The molecule has 120 valence electrons. The van der Waals surface area contributed by atoms with Crippen molar-refractivity contribution in [1.82, 2.24) is 0 Å². The third-order valence-corrected chi connectivity index (χ3v) is 5.26. The van der Waals surface area contributed by atoms with Gasteiger partial charge >= 0.3 is 8.80 Å². The zero-order chi connectivity index (χ0) is 16.1. The van der Waals surface area contributed by atoms with E-state index in [1.165, 1.54) is 0 Å². The van der Waals surface area contributed by atoms with E-state index in [1.807, 2.05) is 51.1 Å². The van der Waals surface area contributed by atoms with Gasteiger partial charge < -0.3 is 13.3 Å². The first-order chi connectivity index (χ1) is 10.1. The van der Waals surface area contributed by atoms with Crippen molar-refractivity contribution in [2.75, 3.05) is 19.8 Å². The van der Waals surface area contributed by atoms with Crippen molar-refractivity contribution in [2.45, 2.75) is 20.8 Å². The molecule has 0 fully saturated rings. The van der Waals surface area contributed by atoms with Crippen LogP contribution in [0.25, 0.3) is 0 Å². The molecule has 0 saturated carbocycles. The highest BCUT2D eigenvalue weighted by atomic mass is 28.4. The number of halogens is 3. The fourth-order valence-electron chi connectivity index (χ4n) is 1.59. The zero-order valence-corrected chi connectivity index (χ0v) is 13.4. The molecule has 0 aliphatic heterocycles. The second kappa shape index (κ2) is 11.5. The highest BCUT2D eigenvalue weighted by Crippen LogP contribution is 2.10. The summed E-state index contributed by atoms with van der Waals surface area (Å²) in [4.78, 5) is 0. The normalized spacial score (nSPS) is 10.6. The van der Waals surface area contributed by atoms with Crippen molar-refractivity contribution in [3.63, 3.8) is 0 Å². The fourth-order valence-corrected chi connectivity index (χ4v) is 4.08. The van der Waals surface area contributed by atoms with Crippen molar-refractivity contribution in [3.05, 3.63) is 42.7 Å². The van der Waals surface area contributed by atoms with Crippen LogP contribution in [0, 0.1) is 0 Å². The molecule has 0 radical (unpaired) electrons. The molecule has 7 heteroatoms. The number of benzene rings is 1. The fraction of sp³-hybridized carbons (Fsp3) is 0.429. The van der Waals surface area contributed by atoms with Crippen LogP contribution in [0.2, 0.25) is 0 Å². The van der Waals surface area contributed by atoms with Crippen LogP contribution in [0.4, 0.5) is 13.2 Å². The molecule has 0 spiro atoms. The highest BCUT2D eigenvalue weighted by molar-refractivity contribution is 6.75. The minimum atomic E-state index is -2.67. The second-order valence-electron chi connectivity index (χ2n) is 3.62. The Bertz CT molecular complexity index is 381. The molecule has 0 unspecified atom stereocenters. The molecule has 21 heavy (non-hydrogen) atoms. The van der Waals surface area contributed by atoms with E-state index in [2.05, 4.69) is 0 Å². The average Bonchev–Trinajstić information content (AvgIpc) is 2.49. The van der Waals surface area contributed by atoms with Crippen molar-refractivity contribution >= 4 is 14.0 Å². The van der Waals surface area contributed by atoms with Gasteiger partial charge in [-0.05, 0) is 20.8 Å². The Hall–Kier alpha value is -1.15. The van der Waals surface area contributed by atoms with Crippen molar-refractivity contribution < 1.29 is 26.4 Å². The van der Waals surface area contributed by atoms with Crippen molar-refractivity contribution in [3.8, 4) is 0 Å². The van der Waals surface area contributed by atoms with E-state index in [0.29, 0.717) is 19.8 Å². The van der Waals surface area contributed by atoms with Gasteiger partial charge in [0.05, 0.1) is 0 Å². The van der Waals surface area contributed by atoms with E-state index in [-0.39, 0.29) is 0 Å². The van der Waals surface area contributed by atoms with Crippen LogP contribution in [0.3, 0.4) is 0 Å². The van der Waals surface area contributed by atoms with Gasteiger partial charge in [0, 0.05) is 25.0 Å². The largest absolute Gasteiger partial charge is 0.537 e. The first-order valence-corrected chi connectivity index (χ1v) is 8.37. The number of rotatable bonds is 7. The summed E-state index contributed by atoms with van der Waals surface area (Å²) in [6.07, 6.45) is -3.04. The van der Waals surface area contributed by atoms with Gasteiger partial charge in [-0.25, -0.2) is 4.39 Å². The van der Waals surface area contributed by atoms with Crippen LogP contribution >= 0.6 is 0 Å². The summed E-state index contributed by atoms with van der Waals surface area (Å²) < 4.78 is 48.1. The predicted octanol–water partition coefficient (Wildman–Crippen LogP) is 3.64. The van der Waals surface area contributed by atoms with Crippen molar-refractivity contribution in [1.29, 1.82) is 0 Å². The Balaban J connectivity index is 0.000000690. The smallest absolute Gasteiger partial charge is 0.370 e. The lowest BCUT2D eigenvalue weighted by Crippen LogP contribution is -2.56. The Morgan fingerprint density at radius 2 is 1.33 bits per heavy atom. The van der Waals surface area contributed by atoms with E-state index >= 15 is 0 Å². The molecule has 0 amide bonds. The Kier molecular flexibility index (Phi) is 10.9. The summed E-state index contributed by atoms with van der Waals surface area (Å²) in [6, 6.07) is 9.95. The molecule has 0 aromatic heterocycles. The number of hydrogen-bond acceptors (Lipinski definition) is 3. The van der Waals surface area contributed by atoms with Crippen molar-refractivity contribution in [2.24, 2.45) is 0 Å². The molecular weight excluding hydrogens is 301 g/mol. The maximum Gasteiger partial charge on any atom is 0.537 e. The molecule has 0 aliphatic carbocycles. The van der Waals surface area contributed by atoms with Crippen LogP contribution in [0.15, 0.2) is 42.7 Å². The minimum Gasteiger partial charge on any atom is -0.370 e. The second-order valence-corrected chi connectivity index (χ2v) is 6.18. The van der Waals surface area contributed by atoms with Crippen LogP contribution in [0.1, 0.15) is 20.8 Å². The SMILES string of the molecule is CCO[Si](OCC)(OCC)c1ccccc1.FC=C(F)F. The molecule has 0 heterocycles. The summed E-state index contributed by atoms with van der Waals surface area (Å²) in [5, 5.41) is 1.03. The third-order valence-electron chi connectivity index (χ3n) is 2.21. The molecule has 0 aliphatic rings. The van der Waals surface area contributed by atoms with Gasteiger partial charge in [-0.2, -0.15) is 8.78 Å². The summed E-state index contributed by atoms with van der Waals surface area (Å²) >= 11 is 0. The topological polar surface area (TPSA) is 27.7 Å². The summed E-state index contributed by atoms with van der Waals surface area (Å²) in [6.45, 7) is 7.68. The molecular formula is C14H21F3O3Si. The molecule has 0 atom stereocenters.